The molecule has 9 nitrogen and oxygen atoms in total. The zero-order valence-electron chi connectivity index (χ0n) is 18.9. The Morgan fingerprint density at radius 2 is 2.00 bits per heavy atom. The van der Waals surface area contributed by atoms with E-state index < -0.39 is 17.8 Å². The summed E-state index contributed by atoms with van der Waals surface area (Å²) in [5, 5.41) is 14.0. The minimum absolute atomic E-state index is 0.00145. The molecule has 11 heteroatoms. The minimum atomic E-state index is -0.472. The SMILES string of the molecule is COCC(C)n1c(COc2ccccc2F)nnc1SCC(=O)NC(=O)NC1CCCCC1. The normalized spacial score (nSPS) is 15.1. The lowest BCUT2D eigenvalue weighted by molar-refractivity contribution is -0.117. The van der Waals surface area contributed by atoms with E-state index in [1.165, 1.54) is 18.6 Å². The maximum absolute atomic E-state index is 13.9. The predicted molar refractivity (Wildman–Crippen MR) is 122 cm³/mol. The Morgan fingerprint density at radius 1 is 1.24 bits per heavy atom. The number of benzene rings is 1. The molecule has 3 rings (SSSR count). The molecule has 0 aliphatic heterocycles. The molecular formula is C22H30FN5O4S. The summed E-state index contributed by atoms with van der Waals surface area (Å²) in [5.41, 5.74) is 0. The average molecular weight is 480 g/mol. The molecule has 2 aromatic rings. The molecule has 180 valence electrons. The average Bonchev–Trinajstić information content (AvgIpc) is 3.21. The summed E-state index contributed by atoms with van der Waals surface area (Å²) in [6.07, 6.45) is 5.24. The molecule has 0 saturated heterocycles. The van der Waals surface area contributed by atoms with Crippen molar-refractivity contribution >= 4 is 23.7 Å². The molecule has 1 heterocycles. The first kappa shape index (κ1) is 25.0. The fraction of sp³-hybridized carbons (Fsp3) is 0.545. The summed E-state index contributed by atoms with van der Waals surface area (Å²) in [6.45, 7) is 2.30. The van der Waals surface area contributed by atoms with E-state index in [4.69, 9.17) is 9.47 Å². The van der Waals surface area contributed by atoms with Crippen LogP contribution in [0.4, 0.5) is 9.18 Å². The third kappa shape index (κ3) is 7.43. The number of carbonyl (C=O) groups excluding carboxylic acids is 2. The molecule has 3 amide bonds. The highest BCUT2D eigenvalue weighted by atomic mass is 32.2. The van der Waals surface area contributed by atoms with Crippen LogP contribution in [0.2, 0.25) is 0 Å². The highest BCUT2D eigenvalue weighted by Crippen LogP contribution is 2.24. The number of ether oxygens (including phenoxy) is 2. The molecule has 1 aliphatic rings. The Labute approximate surface area is 196 Å². The van der Waals surface area contributed by atoms with Gasteiger partial charge in [-0.3, -0.25) is 14.7 Å². The van der Waals surface area contributed by atoms with Crippen LogP contribution in [0.15, 0.2) is 29.4 Å². The monoisotopic (exact) mass is 479 g/mol. The van der Waals surface area contributed by atoms with E-state index in [1.807, 2.05) is 6.92 Å². The van der Waals surface area contributed by atoms with Crippen LogP contribution in [0.1, 0.15) is 50.9 Å². The zero-order chi connectivity index (χ0) is 23.6. The van der Waals surface area contributed by atoms with Gasteiger partial charge in [0.1, 0.15) is 6.61 Å². The first-order chi connectivity index (χ1) is 16.0. The number of nitrogens with one attached hydrogen (secondary N) is 2. The zero-order valence-corrected chi connectivity index (χ0v) is 19.7. The van der Waals surface area contributed by atoms with Gasteiger partial charge in [0, 0.05) is 13.2 Å². The number of amides is 3. The van der Waals surface area contributed by atoms with Gasteiger partial charge in [0.05, 0.1) is 18.4 Å². The molecule has 2 N–H and O–H groups in total. The van der Waals surface area contributed by atoms with Crippen LogP contribution in [-0.2, 0) is 16.1 Å². The van der Waals surface area contributed by atoms with Crippen molar-refractivity contribution < 1.29 is 23.5 Å². The van der Waals surface area contributed by atoms with Crippen molar-refractivity contribution in [3.05, 3.63) is 35.9 Å². The van der Waals surface area contributed by atoms with Gasteiger partial charge in [0.2, 0.25) is 5.91 Å². The van der Waals surface area contributed by atoms with Crippen molar-refractivity contribution in [2.75, 3.05) is 19.5 Å². The summed E-state index contributed by atoms with van der Waals surface area (Å²) < 4.78 is 26.5. The summed E-state index contributed by atoms with van der Waals surface area (Å²) in [4.78, 5) is 24.4. The molecule has 1 unspecified atom stereocenters. The van der Waals surface area contributed by atoms with E-state index in [1.54, 1.807) is 23.8 Å². The molecule has 1 aromatic carbocycles. The minimum Gasteiger partial charge on any atom is -0.483 e. The van der Waals surface area contributed by atoms with Gasteiger partial charge >= 0.3 is 6.03 Å². The number of hydrogen-bond donors (Lipinski definition) is 2. The van der Waals surface area contributed by atoms with E-state index in [-0.39, 0.29) is 30.2 Å². The number of methoxy groups -OCH3 is 1. The van der Waals surface area contributed by atoms with E-state index in [0.717, 1.165) is 37.4 Å². The first-order valence-corrected chi connectivity index (χ1v) is 12.0. The van der Waals surface area contributed by atoms with Crippen molar-refractivity contribution in [3.8, 4) is 5.75 Å². The Balaban J connectivity index is 1.58. The van der Waals surface area contributed by atoms with Crippen molar-refractivity contribution in [1.82, 2.24) is 25.4 Å². The van der Waals surface area contributed by atoms with E-state index >= 15 is 0 Å². The standard InChI is InChI=1S/C22H30FN5O4S/c1-15(12-31-2)28-19(13-32-18-11-7-6-10-17(18)23)26-27-22(28)33-14-20(29)25-21(30)24-16-8-4-3-5-9-16/h6-7,10-11,15-16H,3-5,8-9,12-14H2,1-2H3,(H2,24,25,29,30). The van der Waals surface area contributed by atoms with Crippen molar-refractivity contribution in [2.45, 2.75) is 62.9 Å². The third-order valence-electron chi connectivity index (χ3n) is 5.30. The highest BCUT2D eigenvalue weighted by Gasteiger charge is 2.21. The molecule has 0 radical (unpaired) electrons. The van der Waals surface area contributed by atoms with Crippen molar-refractivity contribution in [3.63, 3.8) is 0 Å². The summed E-state index contributed by atoms with van der Waals surface area (Å²) >= 11 is 1.16. The van der Waals surface area contributed by atoms with Gasteiger partial charge in [-0.05, 0) is 31.9 Å². The molecule has 33 heavy (non-hydrogen) atoms. The fourth-order valence-electron chi connectivity index (χ4n) is 3.73. The second-order valence-electron chi connectivity index (χ2n) is 7.94. The molecule has 1 aliphatic carbocycles. The van der Waals surface area contributed by atoms with E-state index in [2.05, 4.69) is 20.8 Å². The van der Waals surface area contributed by atoms with Crippen LogP contribution in [0.5, 0.6) is 5.75 Å². The fourth-order valence-corrected chi connectivity index (χ4v) is 4.58. The number of rotatable bonds is 10. The van der Waals surface area contributed by atoms with Crippen LogP contribution in [0, 0.1) is 5.82 Å². The number of hydrogen-bond acceptors (Lipinski definition) is 7. The van der Waals surface area contributed by atoms with Crippen LogP contribution >= 0.6 is 11.8 Å². The van der Waals surface area contributed by atoms with Gasteiger partial charge in [-0.2, -0.15) is 0 Å². The topological polar surface area (TPSA) is 107 Å². The lowest BCUT2D eigenvalue weighted by atomic mass is 9.96. The Kier molecular flexibility index (Phi) is 9.49. The quantitative estimate of drug-likeness (QED) is 0.503. The van der Waals surface area contributed by atoms with Gasteiger partial charge in [0.15, 0.2) is 22.5 Å². The number of thioether (sulfide) groups is 1. The maximum atomic E-state index is 13.9. The predicted octanol–water partition coefficient (Wildman–Crippen LogP) is 3.45. The maximum Gasteiger partial charge on any atom is 0.321 e. The number of halogens is 1. The summed E-state index contributed by atoms with van der Waals surface area (Å²) in [7, 11) is 1.58. The first-order valence-electron chi connectivity index (χ1n) is 11.0. The highest BCUT2D eigenvalue weighted by molar-refractivity contribution is 7.99. The van der Waals surface area contributed by atoms with E-state index in [0.29, 0.717) is 17.6 Å². The van der Waals surface area contributed by atoms with Crippen LogP contribution in [0.3, 0.4) is 0 Å². The van der Waals surface area contributed by atoms with Gasteiger partial charge in [-0.1, -0.05) is 43.2 Å². The number of carbonyl (C=O) groups is 2. The lowest BCUT2D eigenvalue weighted by Gasteiger charge is -2.22. The van der Waals surface area contributed by atoms with Crippen LogP contribution in [-0.4, -0.2) is 52.2 Å². The van der Waals surface area contributed by atoms with Crippen LogP contribution < -0.4 is 15.4 Å². The van der Waals surface area contributed by atoms with Gasteiger partial charge < -0.3 is 14.8 Å². The molecule has 0 spiro atoms. The number of aromatic nitrogens is 3. The smallest absolute Gasteiger partial charge is 0.321 e. The number of imide groups is 1. The molecular weight excluding hydrogens is 449 g/mol. The van der Waals surface area contributed by atoms with Gasteiger partial charge in [0.25, 0.3) is 0 Å². The summed E-state index contributed by atoms with van der Waals surface area (Å²) in [5.74, 6) is -0.313. The largest absolute Gasteiger partial charge is 0.483 e. The van der Waals surface area contributed by atoms with Crippen LogP contribution in [0.25, 0.3) is 0 Å². The molecule has 1 fully saturated rings. The number of nitrogens with zero attached hydrogens (tertiary/aromatic N) is 3. The van der Waals surface area contributed by atoms with Crippen molar-refractivity contribution in [1.29, 1.82) is 0 Å². The van der Waals surface area contributed by atoms with Gasteiger partial charge in [-0.25, -0.2) is 9.18 Å². The number of para-hydroxylation sites is 1. The third-order valence-corrected chi connectivity index (χ3v) is 6.25. The molecule has 1 saturated carbocycles. The second kappa shape index (κ2) is 12.5. The number of urea groups is 1. The Bertz CT molecular complexity index is 935. The second-order valence-corrected chi connectivity index (χ2v) is 8.88. The Hall–Kier alpha value is -2.66. The summed E-state index contributed by atoms with van der Waals surface area (Å²) in [6, 6.07) is 5.62. The van der Waals surface area contributed by atoms with Crippen molar-refractivity contribution in [2.24, 2.45) is 0 Å². The van der Waals surface area contributed by atoms with E-state index in [9.17, 15) is 14.0 Å². The molecule has 1 aromatic heterocycles. The molecule has 1 atom stereocenters. The Morgan fingerprint density at radius 3 is 2.73 bits per heavy atom. The molecule has 0 bridgehead atoms. The lowest BCUT2D eigenvalue weighted by Crippen LogP contribution is -2.45. The van der Waals surface area contributed by atoms with Gasteiger partial charge in [-0.15, -0.1) is 10.2 Å².